The van der Waals surface area contributed by atoms with Crippen LogP contribution in [0.3, 0.4) is 0 Å². The number of hydrogen-bond acceptors (Lipinski definition) is 3. The summed E-state index contributed by atoms with van der Waals surface area (Å²) in [6, 6.07) is 22.9. The molecule has 0 aliphatic carbocycles. The summed E-state index contributed by atoms with van der Waals surface area (Å²) in [5, 5.41) is 0.646. The van der Waals surface area contributed by atoms with Crippen LogP contribution >= 0.6 is 0 Å². The summed E-state index contributed by atoms with van der Waals surface area (Å²) in [4.78, 5) is 15.5. The summed E-state index contributed by atoms with van der Waals surface area (Å²) < 4.78 is 28.5. The molecule has 0 fully saturated rings. The van der Waals surface area contributed by atoms with E-state index >= 15 is 0 Å². The lowest BCUT2D eigenvalue weighted by Crippen LogP contribution is -2.37. The molecule has 0 bridgehead atoms. The van der Waals surface area contributed by atoms with Crippen molar-refractivity contribution in [2.75, 3.05) is 4.90 Å². The van der Waals surface area contributed by atoms with E-state index in [1.807, 2.05) is 85.5 Å². The second-order valence-corrected chi connectivity index (χ2v) is 10.8. The van der Waals surface area contributed by atoms with E-state index in [1.54, 1.807) is 10.8 Å². The Labute approximate surface area is 194 Å². The number of sulfone groups is 1. The summed E-state index contributed by atoms with van der Waals surface area (Å²) in [5.74, 6) is -0.123. The van der Waals surface area contributed by atoms with E-state index < -0.39 is 9.84 Å². The van der Waals surface area contributed by atoms with Gasteiger partial charge in [0.05, 0.1) is 10.6 Å². The highest BCUT2D eigenvalue weighted by Gasteiger charge is 2.31. The van der Waals surface area contributed by atoms with Gasteiger partial charge < -0.3 is 9.47 Å². The summed E-state index contributed by atoms with van der Waals surface area (Å²) in [7, 11) is -3.59. The molecule has 1 amide bonds. The Bertz CT molecular complexity index is 1450. The number of carbonyl (C=O) groups is 1. The fourth-order valence-corrected chi connectivity index (χ4v) is 6.32. The van der Waals surface area contributed by atoms with Crippen molar-refractivity contribution >= 4 is 32.3 Å². The molecule has 2 heterocycles. The Morgan fingerprint density at radius 3 is 2.45 bits per heavy atom. The Balaban J connectivity index is 1.49. The van der Waals surface area contributed by atoms with Crippen LogP contribution in [-0.2, 0) is 33.4 Å². The van der Waals surface area contributed by atoms with Crippen molar-refractivity contribution in [2.45, 2.75) is 43.5 Å². The van der Waals surface area contributed by atoms with Crippen LogP contribution in [-0.4, -0.2) is 24.9 Å². The Morgan fingerprint density at radius 2 is 1.67 bits per heavy atom. The molecule has 1 atom stereocenters. The van der Waals surface area contributed by atoms with Crippen LogP contribution < -0.4 is 4.90 Å². The van der Waals surface area contributed by atoms with Crippen molar-refractivity contribution in [3.63, 3.8) is 0 Å². The first-order valence-electron chi connectivity index (χ1n) is 11.1. The van der Waals surface area contributed by atoms with Crippen LogP contribution in [0.1, 0.15) is 23.6 Å². The van der Waals surface area contributed by atoms with Gasteiger partial charge in [0.25, 0.3) is 0 Å². The molecule has 1 aromatic heterocycles. The number of rotatable bonds is 5. The Kier molecular flexibility index (Phi) is 5.33. The van der Waals surface area contributed by atoms with Gasteiger partial charge in [-0.3, -0.25) is 4.79 Å². The van der Waals surface area contributed by atoms with E-state index in [1.165, 1.54) is 0 Å². The zero-order valence-corrected chi connectivity index (χ0v) is 19.5. The van der Waals surface area contributed by atoms with Crippen molar-refractivity contribution in [2.24, 2.45) is 0 Å². The molecule has 33 heavy (non-hydrogen) atoms. The van der Waals surface area contributed by atoms with Gasteiger partial charge in [0, 0.05) is 28.8 Å². The molecule has 0 spiro atoms. The molecule has 0 saturated carbocycles. The molecule has 1 unspecified atom stereocenters. The van der Waals surface area contributed by atoms with Gasteiger partial charge in [-0.05, 0) is 43.5 Å². The van der Waals surface area contributed by atoms with Crippen molar-refractivity contribution in [3.05, 3.63) is 95.7 Å². The molecular weight excluding hydrogens is 432 g/mol. The second-order valence-electron chi connectivity index (χ2n) is 8.83. The number of para-hydroxylation sites is 2. The minimum Gasteiger partial charge on any atom is -0.337 e. The monoisotopic (exact) mass is 458 g/mol. The first kappa shape index (κ1) is 21.5. The number of anilines is 1. The van der Waals surface area contributed by atoms with E-state index in [-0.39, 0.29) is 29.1 Å². The smallest absolute Gasteiger partial charge is 0.247 e. The van der Waals surface area contributed by atoms with Crippen molar-refractivity contribution in [1.29, 1.82) is 0 Å². The standard InChI is InChI=1S/C27H26N2O3S/c1-19-11-13-21(14-12-19)18-33(31,32)26-16-28(25-10-6-4-8-23(25)26)17-27(30)29-20(2)15-22-7-3-5-9-24(22)29/h3-14,16,20H,15,17-18H2,1-2H3. The van der Waals surface area contributed by atoms with Crippen LogP contribution in [0.15, 0.2) is 83.9 Å². The van der Waals surface area contributed by atoms with Gasteiger partial charge >= 0.3 is 0 Å². The number of fused-ring (bicyclic) bond motifs is 2. The number of nitrogens with zero attached hydrogens (tertiary/aromatic N) is 2. The van der Waals surface area contributed by atoms with Gasteiger partial charge in [-0.2, -0.15) is 0 Å². The maximum atomic E-state index is 13.4. The third-order valence-electron chi connectivity index (χ3n) is 6.35. The first-order chi connectivity index (χ1) is 15.8. The van der Waals surface area contributed by atoms with E-state index in [0.717, 1.165) is 34.3 Å². The molecule has 1 aliphatic heterocycles. The lowest BCUT2D eigenvalue weighted by atomic mass is 10.1. The highest BCUT2D eigenvalue weighted by molar-refractivity contribution is 7.90. The Morgan fingerprint density at radius 1 is 0.970 bits per heavy atom. The highest BCUT2D eigenvalue weighted by atomic mass is 32.2. The number of benzene rings is 3. The molecule has 4 aromatic rings. The molecule has 168 valence electrons. The van der Waals surface area contributed by atoms with Crippen molar-refractivity contribution in [3.8, 4) is 0 Å². The lowest BCUT2D eigenvalue weighted by molar-refractivity contribution is -0.119. The lowest BCUT2D eigenvalue weighted by Gasteiger charge is -2.23. The third-order valence-corrected chi connectivity index (χ3v) is 8.05. The SMILES string of the molecule is Cc1ccc(CS(=O)(=O)c2cn(CC(=O)N3c4ccccc4CC3C)c3ccccc23)cc1. The fourth-order valence-electron chi connectivity index (χ4n) is 4.74. The topological polar surface area (TPSA) is 59.4 Å². The third kappa shape index (κ3) is 3.95. The van der Waals surface area contributed by atoms with E-state index in [0.29, 0.717) is 5.39 Å². The van der Waals surface area contributed by atoms with Crippen LogP contribution in [0.4, 0.5) is 5.69 Å². The van der Waals surface area contributed by atoms with Crippen LogP contribution in [0.25, 0.3) is 10.9 Å². The number of carbonyl (C=O) groups excluding carboxylic acids is 1. The number of aryl methyl sites for hydroxylation is 1. The maximum Gasteiger partial charge on any atom is 0.247 e. The molecule has 5 nitrogen and oxygen atoms in total. The summed E-state index contributed by atoms with van der Waals surface area (Å²) in [6.07, 6.45) is 2.45. The highest BCUT2D eigenvalue weighted by Crippen LogP contribution is 2.33. The average molecular weight is 459 g/mol. The van der Waals surface area contributed by atoms with E-state index in [9.17, 15) is 13.2 Å². The summed E-state index contributed by atoms with van der Waals surface area (Å²) >= 11 is 0. The molecule has 0 saturated heterocycles. The summed E-state index contributed by atoms with van der Waals surface area (Å²) in [5.41, 5.74) is 4.68. The van der Waals surface area contributed by atoms with Gasteiger partial charge in [-0.1, -0.05) is 66.2 Å². The molecular formula is C27H26N2O3S. The molecule has 0 N–H and O–H groups in total. The summed E-state index contributed by atoms with van der Waals surface area (Å²) in [6.45, 7) is 4.10. The Hall–Kier alpha value is -3.38. The number of aromatic nitrogens is 1. The normalized spacial score (nSPS) is 15.7. The second kappa shape index (κ2) is 8.19. The minimum atomic E-state index is -3.59. The van der Waals surface area contributed by atoms with Gasteiger partial charge in [0.2, 0.25) is 5.91 Å². The number of hydrogen-bond donors (Lipinski definition) is 0. The number of amides is 1. The van der Waals surface area contributed by atoms with E-state index in [4.69, 9.17) is 0 Å². The molecule has 5 rings (SSSR count). The predicted molar refractivity (Wildman–Crippen MR) is 131 cm³/mol. The van der Waals surface area contributed by atoms with Gasteiger partial charge in [0.15, 0.2) is 9.84 Å². The average Bonchev–Trinajstić information content (AvgIpc) is 3.33. The minimum absolute atomic E-state index is 0.0457. The van der Waals surface area contributed by atoms with Gasteiger partial charge in [0.1, 0.15) is 6.54 Å². The zero-order valence-electron chi connectivity index (χ0n) is 18.7. The molecule has 1 aliphatic rings. The van der Waals surface area contributed by atoms with Gasteiger partial charge in [-0.15, -0.1) is 0 Å². The van der Waals surface area contributed by atoms with Crippen molar-refractivity contribution < 1.29 is 13.2 Å². The first-order valence-corrected chi connectivity index (χ1v) is 12.7. The predicted octanol–water partition coefficient (Wildman–Crippen LogP) is 4.90. The molecule has 6 heteroatoms. The van der Waals surface area contributed by atoms with Gasteiger partial charge in [-0.25, -0.2) is 8.42 Å². The van der Waals surface area contributed by atoms with Crippen LogP contribution in [0, 0.1) is 6.92 Å². The quantitative estimate of drug-likeness (QED) is 0.427. The van der Waals surface area contributed by atoms with E-state index in [2.05, 4.69) is 6.07 Å². The molecule has 0 radical (unpaired) electrons. The largest absolute Gasteiger partial charge is 0.337 e. The maximum absolute atomic E-state index is 13.4. The van der Waals surface area contributed by atoms with Crippen LogP contribution in [0.2, 0.25) is 0 Å². The fraction of sp³-hybridized carbons (Fsp3) is 0.222. The zero-order chi connectivity index (χ0) is 23.2. The van der Waals surface area contributed by atoms with Crippen molar-refractivity contribution in [1.82, 2.24) is 4.57 Å². The molecule has 3 aromatic carbocycles. The van der Waals surface area contributed by atoms with Crippen LogP contribution in [0.5, 0.6) is 0 Å².